The summed E-state index contributed by atoms with van der Waals surface area (Å²) in [6, 6.07) is 12.7. The third-order valence-electron chi connectivity index (χ3n) is 7.83. The van der Waals surface area contributed by atoms with E-state index in [1.807, 2.05) is 0 Å². The lowest BCUT2D eigenvalue weighted by molar-refractivity contribution is -0.0439. The van der Waals surface area contributed by atoms with Gasteiger partial charge in [-0.1, -0.05) is 6.07 Å². The van der Waals surface area contributed by atoms with Crippen LogP contribution in [0.3, 0.4) is 0 Å². The number of hydrogen-bond acceptors (Lipinski definition) is 5. The number of sulfone groups is 1. The lowest BCUT2D eigenvalue weighted by atomic mass is 9.50. The summed E-state index contributed by atoms with van der Waals surface area (Å²) in [7, 11) is -2.06. The summed E-state index contributed by atoms with van der Waals surface area (Å²) in [5.41, 5.74) is 1.68. The van der Waals surface area contributed by atoms with Crippen LogP contribution in [-0.2, 0) is 15.6 Å². The highest BCUT2D eigenvalue weighted by molar-refractivity contribution is 7.89. The summed E-state index contributed by atoms with van der Waals surface area (Å²) in [6.07, 6.45) is 3.79. The molecule has 206 valence electrons. The van der Waals surface area contributed by atoms with Crippen molar-refractivity contribution in [3.63, 3.8) is 0 Å². The molecular formula is C30H26F2N2O5S. The Hall–Kier alpha value is -4.05. The average Bonchev–Trinajstić information content (AvgIpc) is 3.22. The number of nitrogens with one attached hydrogen (secondary N) is 2. The van der Waals surface area contributed by atoms with E-state index in [-0.39, 0.29) is 33.8 Å². The molecule has 10 heteroatoms. The smallest absolute Gasteiger partial charge is 0.255 e. The van der Waals surface area contributed by atoms with Crippen LogP contribution in [-0.4, -0.2) is 39.1 Å². The third-order valence-corrected chi connectivity index (χ3v) is 8.67. The molecule has 3 aliphatic carbocycles. The summed E-state index contributed by atoms with van der Waals surface area (Å²) >= 11 is 0. The topological polar surface area (TPSA) is 105 Å². The predicted molar refractivity (Wildman–Crippen MR) is 146 cm³/mol. The van der Waals surface area contributed by atoms with E-state index in [4.69, 9.17) is 4.42 Å². The maximum absolute atomic E-state index is 14.9. The molecule has 0 radical (unpaired) electrons. The van der Waals surface area contributed by atoms with Crippen molar-refractivity contribution >= 4 is 32.6 Å². The quantitative estimate of drug-likeness (QED) is 0.320. The van der Waals surface area contributed by atoms with E-state index < -0.39 is 33.3 Å². The number of amides is 2. The maximum Gasteiger partial charge on any atom is 0.255 e. The average molecular weight is 565 g/mol. The van der Waals surface area contributed by atoms with Crippen molar-refractivity contribution in [1.82, 2.24) is 10.6 Å². The number of hydrogen-bond donors (Lipinski definition) is 2. The molecule has 3 aromatic carbocycles. The van der Waals surface area contributed by atoms with Gasteiger partial charge in [0.2, 0.25) is 0 Å². The van der Waals surface area contributed by atoms with Crippen LogP contribution in [0.1, 0.15) is 45.5 Å². The van der Waals surface area contributed by atoms with Crippen molar-refractivity contribution in [3.8, 4) is 22.5 Å². The molecule has 0 saturated heterocycles. The first kappa shape index (κ1) is 26.2. The second kappa shape index (κ2) is 9.26. The maximum atomic E-state index is 14.9. The highest BCUT2D eigenvalue weighted by Crippen LogP contribution is 2.57. The van der Waals surface area contributed by atoms with Crippen LogP contribution in [0.5, 0.6) is 0 Å². The van der Waals surface area contributed by atoms with Gasteiger partial charge in [0.25, 0.3) is 11.8 Å². The molecule has 7 nitrogen and oxygen atoms in total. The van der Waals surface area contributed by atoms with E-state index in [0.29, 0.717) is 33.6 Å². The molecule has 2 N–H and O–H groups in total. The molecule has 1 aromatic heterocycles. The van der Waals surface area contributed by atoms with Crippen LogP contribution in [0.25, 0.3) is 33.4 Å². The molecular weight excluding hydrogens is 538 g/mol. The van der Waals surface area contributed by atoms with Crippen LogP contribution in [0.4, 0.5) is 8.78 Å². The fourth-order valence-corrected chi connectivity index (χ4v) is 6.62. The molecule has 3 fully saturated rings. The van der Waals surface area contributed by atoms with Gasteiger partial charge in [-0.15, -0.1) is 0 Å². The minimum Gasteiger partial charge on any atom is -0.455 e. The standard InChI is InChI=1S/C30H26F2N2O5S/c1-33-29(36)26-23-11-21(18-5-8-24(32)22(9-18)28(35)34-30-12-16(13-30)14-30)19(15-40(2,37)38)10-25(23)39-27(26)17-3-6-20(31)7-4-17/h3-11,16H,12-15H2,1-2H3,(H,33,36)(H,34,35). The molecule has 3 aliphatic rings. The van der Waals surface area contributed by atoms with Crippen molar-refractivity contribution in [2.75, 3.05) is 13.3 Å². The van der Waals surface area contributed by atoms with E-state index in [0.717, 1.165) is 25.5 Å². The molecule has 40 heavy (non-hydrogen) atoms. The van der Waals surface area contributed by atoms with Crippen LogP contribution in [0.2, 0.25) is 0 Å². The summed E-state index contributed by atoms with van der Waals surface area (Å²) in [6.45, 7) is 0. The van der Waals surface area contributed by atoms with E-state index >= 15 is 0 Å². The van der Waals surface area contributed by atoms with Crippen LogP contribution in [0.15, 0.2) is 59.0 Å². The monoisotopic (exact) mass is 564 g/mol. The number of benzene rings is 3. The zero-order valence-electron chi connectivity index (χ0n) is 21.8. The first-order valence-electron chi connectivity index (χ1n) is 12.8. The van der Waals surface area contributed by atoms with E-state index in [9.17, 15) is 26.8 Å². The van der Waals surface area contributed by atoms with Gasteiger partial charge in [-0.3, -0.25) is 9.59 Å². The molecule has 0 unspecified atom stereocenters. The first-order valence-corrected chi connectivity index (χ1v) is 14.9. The Morgan fingerprint density at radius 1 is 0.975 bits per heavy atom. The van der Waals surface area contributed by atoms with Gasteiger partial charge in [0.15, 0.2) is 9.84 Å². The van der Waals surface area contributed by atoms with Gasteiger partial charge in [0.1, 0.15) is 23.0 Å². The summed E-state index contributed by atoms with van der Waals surface area (Å²) < 4.78 is 59.3. The molecule has 3 saturated carbocycles. The second-order valence-electron chi connectivity index (χ2n) is 10.9. The van der Waals surface area contributed by atoms with Crippen molar-refractivity contribution in [2.24, 2.45) is 5.92 Å². The lowest BCUT2D eigenvalue weighted by Crippen LogP contribution is -2.68. The Bertz CT molecular complexity index is 1800. The minimum atomic E-state index is -3.52. The fraction of sp³-hybridized carbons (Fsp3) is 0.267. The lowest BCUT2D eigenvalue weighted by Gasteiger charge is -2.61. The Kier molecular flexibility index (Phi) is 6.06. The van der Waals surface area contributed by atoms with Crippen LogP contribution in [0, 0.1) is 17.6 Å². The van der Waals surface area contributed by atoms with Crippen molar-refractivity contribution < 1.29 is 31.2 Å². The van der Waals surface area contributed by atoms with Crippen LogP contribution < -0.4 is 10.6 Å². The Labute approximate surface area is 229 Å². The molecule has 1 heterocycles. The molecule has 2 amide bonds. The molecule has 0 atom stereocenters. The van der Waals surface area contributed by atoms with E-state index in [1.54, 1.807) is 6.07 Å². The number of halogens is 2. The Balaban J connectivity index is 1.52. The van der Waals surface area contributed by atoms with Gasteiger partial charge in [0, 0.05) is 29.8 Å². The third kappa shape index (κ3) is 4.56. The second-order valence-corrected chi connectivity index (χ2v) is 13.0. The number of carbonyl (C=O) groups is 2. The Morgan fingerprint density at radius 3 is 2.25 bits per heavy atom. The fourth-order valence-electron chi connectivity index (χ4n) is 5.82. The predicted octanol–water partition coefficient (Wildman–Crippen LogP) is 5.23. The normalized spacial score (nSPS) is 19.6. The van der Waals surface area contributed by atoms with Gasteiger partial charge in [-0.25, -0.2) is 17.2 Å². The number of fused-ring (bicyclic) bond motifs is 1. The number of furan rings is 1. The van der Waals surface area contributed by atoms with Gasteiger partial charge < -0.3 is 15.1 Å². The van der Waals surface area contributed by atoms with Crippen molar-refractivity contribution in [1.29, 1.82) is 0 Å². The first-order chi connectivity index (χ1) is 18.9. The van der Waals surface area contributed by atoms with Crippen molar-refractivity contribution in [3.05, 3.63) is 82.9 Å². The van der Waals surface area contributed by atoms with E-state index in [2.05, 4.69) is 10.6 Å². The van der Waals surface area contributed by atoms with E-state index in [1.165, 1.54) is 55.6 Å². The molecule has 7 rings (SSSR count). The molecule has 2 bridgehead atoms. The van der Waals surface area contributed by atoms with Crippen LogP contribution >= 0.6 is 0 Å². The summed E-state index contributed by atoms with van der Waals surface area (Å²) in [4.78, 5) is 26.1. The summed E-state index contributed by atoms with van der Waals surface area (Å²) in [5.74, 6) is -1.66. The largest absolute Gasteiger partial charge is 0.455 e. The highest BCUT2D eigenvalue weighted by atomic mass is 32.2. The number of rotatable bonds is 7. The minimum absolute atomic E-state index is 0.140. The van der Waals surface area contributed by atoms with Crippen molar-refractivity contribution in [2.45, 2.75) is 30.6 Å². The zero-order chi connectivity index (χ0) is 28.4. The van der Waals surface area contributed by atoms with Gasteiger partial charge in [-0.2, -0.15) is 0 Å². The SMILES string of the molecule is CNC(=O)c1c(-c2ccc(F)cc2)oc2cc(CS(C)(=O)=O)c(-c3ccc(F)c(C(=O)NC45CC(C4)C5)c3)cc12. The molecule has 4 aromatic rings. The zero-order valence-corrected chi connectivity index (χ0v) is 22.6. The van der Waals surface area contributed by atoms with Gasteiger partial charge >= 0.3 is 0 Å². The van der Waals surface area contributed by atoms with Gasteiger partial charge in [-0.05, 0) is 90.4 Å². The van der Waals surface area contributed by atoms with Gasteiger partial charge in [0.05, 0.1) is 16.9 Å². The Morgan fingerprint density at radius 2 is 1.65 bits per heavy atom. The molecule has 0 aliphatic heterocycles. The number of carbonyl (C=O) groups excluding carboxylic acids is 2. The summed E-state index contributed by atoms with van der Waals surface area (Å²) in [5, 5.41) is 5.94. The molecule has 0 spiro atoms. The highest BCUT2D eigenvalue weighted by Gasteiger charge is 2.57.